The van der Waals surface area contributed by atoms with E-state index in [1.807, 2.05) is 23.1 Å². The van der Waals surface area contributed by atoms with Crippen LogP contribution in [0.4, 0.5) is 0 Å². The third-order valence-electron chi connectivity index (χ3n) is 3.83. The minimum atomic E-state index is 0.211. The van der Waals surface area contributed by atoms with Crippen LogP contribution in [0.3, 0.4) is 0 Å². The largest absolute Gasteiger partial charge is 0.306 e. The van der Waals surface area contributed by atoms with Crippen molar-refractivity contribution in [1.82, 2.24) is 15.1 Å². The van der Waals surface area contributed by atoms with E-state index in [0.717, 1.165) is 6.54 Å². The lowest BCUT2D eigenvalue weighted by atomic mass is 9.86. The summed E-state index contributed by atoms with van der Waals surface area (Å²) >= 11 is 0. The fraction of sp³-hybridized carbons (Fsp3) is 0.500. The molecule has 2 aromatic rings. The molecular formula is C18H27N3. The Kier molecular flexibility index (Phi) is 4.84. The van der Waals surface area contributed by atoms with Gasteiger partial charge < -0.3 is 5.32 Å². The van der Waals surface area contributed by atoms with Crippen molar-refractivity contribution in [2.75, 3.05) is 0 Å². The maximum atomic E-state index is 4.25. The van der Waals surface area contributed by atoms with Crippen molar-refractivity contribution < 1.29 is 0 Å². The zero-order valence-corrected chi connectivity index (χ0v) is 13.8. The first-order chi connectivity index (χ1) is 9.86. The molecular weight excluding hydrogens is 258 g/mol. The summed E-state index contributed by atoms with van der Waals surface area (Å²) in [6.45, 7) is 12.0. The molecule has 0 aliphatic rings. The van der Waals surface area contributed by atoms with Gasteiger partial charge in [-0.05, 0) is 36.5 Å². The Bertz CT molecular complexity index is 535. The van der Waals surface area contributed by atoms with Gasteiger partial charge in [0.15, 0.2) is 0 Å². The second kappa shape index (κ2) is 6.44. The van der Waals surface area contributed by atoms with Gasteiger partial charge in [0.2, 0.25) is 0 Å². The van der Waals surface area contributed by atoms with Crippen LogP contribution in [-0.4, -0.2) is 15.8 Å². The van der Waals surface area contributed by atoms with E-state index in [1.54, 1.807) is 0 Å². The van der Waals surface area contributed by atoms with Crippen LogP contribution in [0.25, 0.3) is 0 Å². The third kappa shape index (κ3) is 4.43. The van der Waals surface area contributed by atoms with E-state index in [0.29, 0.717) is 12.1 Å². The highest BCUT2D eigenvalue weighted by atomic mass is 15.3. The van der Waals surface area contributed by atoms with E-state index >= 15 is 0 Å². The van der Waals surface area contributed by atoms with E-state index in [-0.39, 0.29) is 5.41 Å². The fourth-order valence-electron chi connectivity index (χ4n) is 2.54. The summed E-state index contributed by atoms with van der Waals surface area (Å²) in [5, 5.41) is 7.88. The summed E-state index contributed by atoms with van der Waals surface area (Å²) < 4.78 is 1.97. The highest BCUT2D eigenvalue weighted by Crippen LogP contribution is 2.24. The van der Waals surface area contributed by atoms with Gasteiger partial charge in [-0.2, -0.15) is 5.10 Å². The SMILES string of the molecule is CC(Cn1cccn1)NC(C)c1ccc(C(C)(C)C)cc1. The van der Waals surface area contributed by atoms with Crippen molar-refractivity contribution in [3.8, 4) is 0 Å². The minimum absolute atomic E-state index is 0.211. The summed E-state index contributed by atoms with van der Waals surface area (Å²) in [5.41, 5.74) is 2.92. The van der Waals surface area contributed by atoms with Crippen molar-refractivity contribution in [3.63, 3.8) is 0 Å². The number of nitrogens with zero attached hydrogens (tertiary/aromatic N) is 2. The molecule has 0 saturated heterocycles. The third-order valence-corrected chi connectivity index (χ3v) is 3.83. The van der Waals surface area contributed by atoms with Gasteiger partial charge in [-0.3, -0.25) is 4.68 Å². The van der Waals surface area contributed by atoms with E-state index in [9.17, 15) is 0 Å². The Morgan fingerprint density at radius 3 is 2.33 bits per heavy atom. The molecule has 21 heavy (non-hydrogen) atoms. The molecule has 1 aromatic carbocycles. The van der Waals surface area contributed by atoms with E-state index < -0.39 is 0 Å². The maximum Gasteiger partial charge on any atom is 0.0560 e. The lowest BCUT2D eigenvalue weighted by Crippen LogP contribution is -2.32. The van der Waals surface area contributed by atoms with Crippen LogP contribution in [0.5, 0.6) is 0 Å². The molecule has 3 nitrogen and oxygen atoms in total. The molecule has 0 saturated carbocycles. The molecule has 1 heterocycles. The molecule has 2 atom stereocenters. The Labute approximate surface area is 128 Å². The smallest absolute Gasteiger partial charge is 0.0560 e. The Balaban J connectivity index is 1.95. The average molecular weight is 285 g/mol. The molecule has 0 aliphatic carbocycles. The van der Waals surface area contributed by atoms with Crippen LogP contribution in [-0.2, 0) is 12.0 Å². The minimum Gasteiger partial charge on any atom is -0.306 e. The van der Waals surface area contributed by atoms with Crippen molar-refractivity contribution >= 4 is 0 Å². The molecule has 2 unspecified atom stereocenters. The normalized spacial score (nSPS) is 14.9. The first kappa shape index (κ1) is 15.8. The van der Waals surface area contributed by atoms with Crippen molar-refractivity contribution in [3.05, 3.63) is 53.9 Å². The van der Waals surface area contributed by atoms with Gasteiger partial charge in [0, 0.05) is 24.5 Å². The van der Waals surface area contributed by atoms with Crippen LogP contribution in [0.15, 0.2) is 42.7 Å². The molecule has 3 heteroatoms. The molecule has 2 rings (SSSR count). The van der Waals surface area contributed by atoms with Gasteiger partial charge in [-0.1, -0.05) is 45.0 Å². The molecule has 1 N–H and O–H groups in total. The predicted molar refractivity (Wildman–Crippen MR) is 88.4 cm³/mol. The van der Waals surface area contributed by atoms with Gasteiger partial charge in [-0.15, -0.1) is 0 Å². The van der Waals surface area contributed by atoms with Gasteiger partial charge in [-0.25, -0.2) is 0 Å². The van der Waals surface area contributed by atoms with Gasteiger partial charge in [0.05, 0.1) is 6.54 Å². The number of rotatable bonds is 5. The van der Waals surface area contributed by atoms with E-state index in [1.165, 1.54) is 11.1 Å². The fourth-order valence-corrected chi connectivity index (χ4v) is 2.54. The molecule has 0 aliphatic heterocycles. The quantitative estimate of drug-likeness (QED) is 0.902. The second-order valence-electron chi connectivity index (χ2n) is 6.89. The van der Waals surface area contributed by atoms with E-state index in [2.05, 4.69) is 69.3 Å². The average Bonchev–Trinajstić information content (AvgIpc) is 2.90. The highest BCUT2D eigenvalue weighted by molar-refractivity contribution is 5.29. The number of aromatic nitrogens is 2. The number of hydrogen-bond donors (Lipinski definition) is 1. The molecule has 0 spiro atoms. The summed E-state index contributed by atoms with van der Waals surface area (Å²) in [6, 6.07) is 11.6. The summed E-state index contributed by atoms with van der Waals surface area (Å²) in [5.74, 6) is 0. The first-order valence-corrected chi connectivity index (χ1v) is 7.70. The van der Waals surface area contributed by atoms with Gasteiger partial charge >= 0.3 is 0 Å². The Hall–Kier alpha value is -1.61. The number of benzene rings is 1. The van der Waals surface area contributed by atoms with Crippen LogP contribution < -0.4 is 5.32 Å². The van der Waals surface area contributed by atoms with Crippen LogP contribution >= 0.6 is 0 Å². The molecule has 1 aromatic heterocycles. The zero-order valence-electron chi connectivity index (χ0n) is 13.8. The van der Waals surface area contributed by atoms with Gasteiger partial charge in [0.1, 0.15) is 0 Å². The maximum absolute atomic E-state index is 4.25. The van der Waals surface area contributed by atoms with Crippen LogP contribution in [0, 0.1) is 0 Å². The molecule has 0 bridgehead atoms. The lowest BCUT2D eigenvalue weighted by Gasteiger charge is -2.23. The van der Waals surface area contributed by atoms with Crippen molar-refractivity contribution in [2.45, 2.75) is 58.7 Å². The summed E-state index contributed by atoms with van der Waals surface area (Å²) in [4.78, 5) is 0. The Morgan fingerprint density at radius 2 is 1.81 bits per heavy atom. The second-order valence-corrected chi connectivity index (χ2v) is 6.89. The molecule has 114 valence electrons. The molecule has 0 fully saturated rings. The highest BCUT2D eigenvalue weighted by Gasteiger charge is 2.15. The number of nitrogens with one attached hydrogen (secondary N) is 1. The Morgan fingerprint density at radius 1 is 1.14 bits per heavy atom. The van der Waals surface area contributed by atoms with Gasteiger partial charge in [0.25, 0.3) is 0 Å². The summed E-state index contributed by atoms with van der Waals surface area (Å²) in [7, 11) is 0. The van der Waals surface area contributed by atoms with Crippen molar-refractivity contribution in [2.24, 2.45) is 0 Å². The topological polar surface area (TPSA) is 29.9 Å². The van der Waals surface area contributed by atoms with Crippen molar-refractivity contribution in [1.29, 1.82) is 0 Å². The monoisotopic (exact) mass is 285 g/mol. The summed E-state index contributed by atoms with van der Waals surface area (Å²) in [6.07, 6.45) is 3.82. The zero-order chi connectivity index (χ0) is 15.5. The lowest BCUT2D eigenvalue weighted by molar-refractivity contribution is 0.413. The predicted octanol–water partition coefficient (Wildman–Crippen LogP) is 3.92. The molecule has 0 amide bonds. The molecule has 0 radical (unpaired) electrons. The van der Waals surface area contributed by atoms with E-state index in [4.69, 9.17) is 0 Å². The van der Waals surface area contributed by atoms with Crippen LogP contribution in [0.1, 0.15) is 51.8 Å². The standard InChI is InChI=1S/C18H27N3/c1-14(13-21-12-6-11-19-21)20-15(2)16-7-9-17(10-8-16)18(3,4)5/h6-12,14-15,20H,13H2,1-5H3. The first-order valence-electron chi connectivity index (χ1n) is 7.70. The van der Waals surface area contributed by atoms with Crippen LogP contribution in [0.2, 0.25) is 0 Å². The number of hydrogen-bond acceptors (Lipinski definition) is 2.